The monoisotopic (exact) mass is 412 g/mol. The maximum Gasteiger partial charge on any atom is 0.133 e. The van der Waals surface area contributed by atoms with Crippen LogP contribution in [0, 0.1) is 5.92 Å². The minimum Gasteiger partial charge on any atom is -0.496 e. The Morgan fingerprint density at radius 1 is 1.27 bits per heavy atom. The number of nitrogens with one attached hydrogen (secondary N) is 1. The molecule has 1 N–H and O–H groups in total. The molecule has 0 spiro atoms. The fourth-order valence-corrected chi connectivity index (χ4v) is 3.51. The van der Waals surface area contributed by atoms with Gasteiger partial charge in [0.1, 0.15) is 5.75 Å². The van der Waals surface area contributed by atoms with Gasteiger partial charge in [-0.25, -0.2) is 0 Å². The van der Waals surface area contributed by atoms with Gasteiger partial charge in [-0.05, 0) is 39.5 Å². The third-order valence-electron chi connectivity index (χ3n) is 4.25. The van der Waals surface area contributed by atoms with E-state index >= 15 is 0 Å². The summed E-state index contributed by atoms with van der Waals surface area (Å²) in [5.41, 5.74) is 1.38. The van der Waals surface area contributed by atoms with E-state index in [1.54, 1.807) is 7.11 Å². The SMILES string of the molecule is CCC(C)[C@@H](c1ccc(OC)c(Br)c1)N1CCNCC1.Cl.Cl. The van der Waals surface area contributed by atoms with Crippen molar-refractivity contribution >= 4 is 40.7 Å². The molecule has 1 heterocycles. The normalized spacial score (nSPS) is 17.8. The summed E-state index contributed by atoms with van der Waals surface area (Å²) in [7, 11) is 1.71. The van der Waals surface area contributed by atoms with Crippen molar-refractivity contribution in [2.45, 2.75) is 26.3 Å². The molecule has 2 atom stereocenters. The smallest absolute Gasteiger partial charge is 0.133 e. The van der Waals surface area contributed by atoms with Gasteiger partial charge in [0.05, 0.1) is 11.6 Å². The molecule has 1 saturated heterocycles. The molecule has 0 amide bonds. The molecule has 22 heavy (non-hydrogen) atoms. The maximum atomic E-state index is 5.34. The van der Waals surface area contributed by atoms with Crippen LogP contribution in [0.15, 0.2) is 22.7 Å². The van der Waals surface area contributed by atoms with Crippen molar-refractivity contribution in [1.82, 2.24) is 10.2 Å². The summed E-state index contributed by atoms with van der Waals surface area (Å²) in [6, 6.07) is 6.99. The van der Waals surface area contributed by atoms with E-state index in [1.165, 1.54) is 12.0 Å². The number of halogens is 3. The maximum absolute atomic E-state index is 5.34. The predicted molar refractivity (Wildman–Crippen MR) is 102 cm³/mol. The van der Waals surface area contributed by atoms with Gasteiger partial charge in [-0.2, -0.15) is 0 Å². The summed E-state index contributed by atoms with van der Waals surface area (Å²) in [5, 5.41) is 3.44. The van der Waals surface area contributed by atoms with E-state index in [-0.39, 0.29) is 24.8 Å². The summed E-state index contributed by atoms with van der Waals surface area (Å²) in [5.74, 6) is 1.55. The van der Waals surface area contributed by atoms with Gasteiger partial charge >= 0.3 is 0 Å². The molecule has 1 unspecified atom stereocenters. The molecule has 1 aliphatic rings. The Bertz CT molecular complexity index is 442. The summed E-state index contributed by atoms with van der Waals surface area (Å²) in [4.78, 5) is 2.61. The summed E-state index contributed by atoms with van der Waals surface area (Å²) in [6.45, 7) is 9.05. The molecule has 0 radical (unpaired) electrons. The van der Waals surface area contributed by atoms with Gasteiger partial charge in [-0.15, -0.1) is 24.8 Å². The van der Waals surface area contributed by atoms with Crippen molar-refractivity contribution in [1.29, 1.82) is 0 Å². The first kappa shape index (κ1) is 22.0. The van der Waals surface area contributed by atoms with E-state index in [2.05, 4.69) is 58.2 Å². The second kappa shape index (κ2) is 10.7. The van der Waals surface area contributed by atoms with Crippen LogP contribution in [0.5, 0.6) is 5.75 Å². The molecule has 6 heteroatoms. The van der Waals surface area contributed by atoms with E-state index in [4.69, 9.17) is 4.74 Å². The molecular weight excluding hydrogens is 387 g/mol. The Hall–Kier alpha value is -0.000000000000000111. The number of methoxy groups -OCH3 is 1. The quantitative estimate of drug-likeness (QED) is 0.778. The van der Waals surface area contributed by atoms with Crippen molar-refractivity contribution in [3.63, 3.8) is 0 Å². The van der Waals surface area contributed by atoms with Gasteiger partial charge in [0.25, 0.3) is 0 Å². The highest BCUT2D eigenvalue weighted by molar-refractivity contribution is 9.10. The van der Waals surface area contributed by atoms with Crippen LogP contribution in [0.1, 0.15) is 31.9 Å². The Balaban J connectivity index is 0.00000220. The van der Waals surface area contributed by atoms with Gasteiger partial charge in [-0.3, -0.25) is 4.90 Å². The van der Waals surface area contributed by atoms with Gasteiger partial charge < -0.3 is 10.1 Å². The summed E-state index contributed by atoms with van der Waals surface area (Å²) in [6.07, 6.45) is 1.19. The molecule has 1 fully saturated rings. The van der Waals surface area contributed by atoms with Gasteiger partial charge in [0, 0.05) is 32.2 Å². The molecule has 1 aliphatic heterocycles. The summed E-state index contributed by atoms with van der Waals surface area (Å²) < 4.78 is 6.38. The lowest BCUT2D eigenvalue weighted by Crippen LogP contribution is -2.46. The Morgan fingerprint density at radius 2 is 1.91 bits per heavy atom. The lowest BCUT2D eigenvalue weighted by atomic mass is 9.90. The first-order valence-electron chi connectivity index (χ1n) is 7.45. The zero-order chi connectivity index (χ0) is 14.5. The van der Waals surface area contributed by atoms with Crippen molar-refractivity contribution < 1.29 is 4.74 Å². The topological polar surface area (TPSA) is 24.5 Å². The van der Waals surface area contributed by atoms with E-state index < -0.39 is 0 Å². The van der Waals surface area contributed by atoms with Crippen LogP contribution in [0.4, 0.5) is 0 Å². The highest BCUT2D eigenvalue weighted by atomic mass is 79.9. The minimum absolute atomic E-state index is 0. The first-order chi connectivity index (χ1) is 9.67. The van der Waals surface area contributed by atoms with Crippen LogP contribution in [0.25, 0.3) is 0 Å². The third-order valence-corrected chi connectivity index (χ3v) is 4.87. The van der Waals surface area contributed by atoms with Gasteiger partial charge in [-0.1, -0.05) is 26.3 Å². The number of hydrogen-bond donors (Lipinski definition) is 1. The van der Waals surface area contributed by atoms with Crippen molar-refractivity contribution in [3.05, 3.63) is 28.2 Å². The van der Waals surface area contributed by atoms with Crippen LogP contribution in [0.2, 0.25) is 0 Å². The molecule has 0 aliphatic carbocycles. The average molecular weight is 414 g/mol. The molecule has 128 valence electrons. The van der Waals surface area contributed by atoms with Crippen molar-refractivity contribution in [2.24, 2.45) is 5.92 Å². The Kier molecular flexibility index (Phi) is 10.7. The number of benzene rings is 1. The lowest BCUT2D eigenvalue weighted by molar-refractivity contribution is 0.128. The molecule has 1 aromatic rings. The standard InChI is InChI=1S/C16H25BrN2O.2ClH/c1-4-12(2)16(19-9-7-18-8-10-19)13-5-6-15(20-3)14(17)11-13;;/h5-6,11-12,16,18H,4,7-10H2,1-3H3;2*1H/t12?,16-;;/m0../s1. The predicted octanol–water partition coefficient (Wildman–Crippen LogP) is 4.29. The zero-order valence-electron chi connectivity index (χ0n) is 13.5. The van der Waals surface area contributed by atoms with Crippen molar-refractivity contribution in [2.75, 3.05) is 33.3 Å². The van der Waals surface area contributed by atoms with Crippen LogP contribution >= 0.6 is 40.7 Å². The largest absolute Gasteiger partial charge is 0.496 e. The van der Waals surface area contributed by atoms with E-state index in [1.807, 2.05) is 0 Å². The highest BCUT2D eigenvalue weighted by Crippen LogP contribution is 2.35. The minimum atomic E-state index is 0. The number of hydrogen-bond acceptors (Lipinski definition) is 3. The number of nitrogens with zero attached hydrogens (tertiary/aromatic N) is 1. The fourth-order valence-electron chi connectivity index (χ4n) is 2.95. The molecule has 0 aromatic heterocycles. The molecular formula is C16H27BrCl2N2O. The van der Waals surface area contributed by atoms with E-state index in [9.17, 15) is 0 Å². The Labute approximate surface area is 155 Å². The van der Waals surface area contributed by atoms with Crippen LogP contribution < -0.4 is 10.1 Å². The average Bonchev–Trinajstić information content (AvgIpc) is 2.48. The first-order valence-corrected chi connectivity index (χ1v) is 8.24. The molecule has 0 saturated carbocycles. The molecule has 1 aromatic carbocycles. The van der Waals surface area contributed by atoms with Crippen LogP contribution in [0.3, 0.4) is 0 Å². The molecule has 3 nitrogen and oxygen atoms in total. The second-order valence-corrected chi connectivity index (χ2v) is 6.36. The van der Waals surface area contributed by atoms with Crippen LogP contribution in [-0.4, -0.2) is 38.2 Å². The second-order valence-electron chi connectivity index (χ2n) is 5.51. The highest BCUT2D eigenvalue weighted by Gasteiger charge is 2.26. The van der Waals surface area contributed by atoms with Crippen LogP contribution in [-0.2, 0) is 0 Å². The Morgan fingerprint density at radius 3 is 2.41 bits per heavy atom. The molecule has 2 rings (SSSR count). The van der Waals surface area contributed by atoms with Gasteiger partial charge in [0.2, 0.25) is 0 Å². The fraction of sp³-hybridized carbons (Fsp3) is 0.625. The van der Waals surface area contributed by atoms with Gasteiger partial charge in [0.15, 0.2) is 0 Å². The lowest BCUT2D eigenvalue weighted by Gasteiger charge is -2.38. The third kappa shape index (κ3) is 5.27. The summed E-state index contributed by atoms with van der Waals surface area (Å²) >= 11 is 3.61. The molecule has 0 bridgehead atoms. The van der Waals surface area contributed by atoms with E-state index in [0.717, 1.165) is 36.4 Å². The van der Waals surface area contributed by atoms with Crippen molar-refractivity contribution in [3.8, 4) is 5.75 Å². The zero-order valence-corrected chi connectivity index (χ0v) is 16.7. The number of piperazine rings is 1. The number of rotatable bonds is 5. The van der Waals surface area contributed by atoms with E-state index in [0.29, 0.717) is 12.0 Å². The number of ether oxygens (including phenoxy) is 1.